The second-order valence-corrected chi connectivity index (χ2v) is 8.78. The lowest BCUT2D eigenvalue weighted by molar-refractivity contribution is 0.376. The van der Waals surface area contributed by atoms with Crippen LogP contribution in [-0.4, -0.2) is 31.3 Å². The van der Waals surface area contributed by atoms with Crippen LogP contribution in [0.2, 0.25) is 0 Å². The number of nitrogens with one attached hydrogen (secondary N) is 1. The normalized spacial score (nSPS) is 11.9. The number of hydrogen-bond acceptors (Lipinski definition) is 3. The number of anilines is 1. The molecule has 3 nitrogen and oxygen atoms in total. The molecule has 0 saturated heterocycles. The molecule has 0 aliphatic rings. The van der Waals surface area contributed by atoms with Gasteiger partial charge in [0.2, 0.25) is 0 Å². The second-order valence-electron chi connectivity index (χ2n) is 5.59. The summed E-state index contributed by atoms with van der Waals surface area (Å²) in [5, 5.41) is 4.08. The van der Waals surface area contributed by atoms with Gasteiger partial charge in [0.15, 0.2) is 0 Å². The minimum Gasteiger partial charge on any atom is -0.378 e. The molecule has 0 aliphatic heterocycles. The summed E-state index contributed by atoms with van der Waals surface area (Å²) in [6.07, 6.45) is 3.91. The Morgan fingerprint density at radius 2 is 1.95 bits per heavy atom. The smallest absolute Gasteiger partial charge is 0.111 e. The van der Waals surface area contributed by atoms with Gasteiger partial charge in [-0.2, -0.15) is 0 Å². The van der Waals surface area contributed by atoms with Gasteiger partial charge in [-0.25, -0.2) is 0 Å². The third kappa shape index (κ3) is 4.90. The van der Waals surface area contributed by atoms with Crippen LogP contribution >= 0.6 is 7.14 Å². The highest BCUT2D eigenvalue weighted by atomic mass is 31.2. The zero-order valence-electron chi connectivity index (χ0n) is 13.1. The van der Waals surface area contributed by atoms with E-state index < -0.39 is 7.14 Å². The lowest BCUT2D eigenvalue weighted by Gasteiger charge is -2.19. The monoisotopic (exact) mass is 292 g/mol. The summed E-state index contributed by atoms with van der Waals surface area (Å²) in [5.41, 5.74) is 1.64. The van der Waals surface area contributed by atoms with E-state index in [4.69, 9.17) is 0 Å². The van der Waals surface area contributed by atoms with Crippen LogP contribution in [0.3, 0.4) is 0 Å². The number of nitrogens with zero attached hydrogens (tertiary/aromatic N) is 1. The molecule has 0 fully saturated rings. The standard InChI is InChI=1S/C16H25N2OP/c1-13(2)18(4)12-11-14(3)17-15-9-7-8-10-16(15)20(5,6)19/h7-13,17H,3H2,1-2,4-6H3/b12-11-. The van der Waals surface area contributed by atoms with Crippen LogP contribution in [0.1, 0.15) is 13.8 Å². The minimum absolute atomic E-state index is 0.442. The molecule has 0 bridgehead atoms. The highest BCUT2D eigenvalue weighted by Gasteiger charge is 2.15. The van der Waals surface area contributed by atoms with Gasteiger partial charge in [0, 0.05) is 36.0 Å². The summed E-state index contributed by atoms with van der Waals surface area (Å²) < 4.78 is 12.3. The van der Waals surface area contributed by atoms with Gasteiger partial charge in [-0.15, -0.1) is 0 Å². The lowest BCUT2D eigenvalue weighted by atomic mass is 10.3. The molecule has 0 saturated carbocycles. The molecule has 1 N–H and O–H groups in total. The SMILES string of the molecule is C=C(/C=C\N(C)C(C)C)Nc1ccccc1P(C)(C)=O. The molecule has 0 spiro atoms. The first-order valence-corrected chi connectivity index (χ1v) is 9.32. The van der Waals surface area contributed by atoms with Crippen LogP contribution in [-0.2, 0) is 4.57 Å². The summed E-state index contributed by atoms with van der Waals surface area (Å²) in [5.74, 6) is 0. The van der Waals surface area contributed by atoms with Crippen LogP contribution in [0, 0.1) is 0 Å². The van der Waals surface area contributed by atoms with Crippen molar-refractivity contribution in [2.24, 2.45) is 0 Å². The Labute approximate surface area is 122 Å². The third-order valence-electron chi connectivity index (χ3n) is 3.10. The predicted octanol–water partition coefficient (Wildman–Crippen LogP) is 3.71. The molecular formula is C16H25N2OP. The maximum Gasteiger partial charge on any atom is 0.111 e. The molecule has 0 aliphatic carbocycles. The van der Waals surface area contributed by atoms with E-state index in [1.165, 1.54) is 0 Å². The maximum atomic E-state index is 12.3. The molecule has 1 rings (SSSR count). The minimum atomic E-state index is -2.30. The highest BCUT2D eigenvalue weighted by molar-refractivity contribution is 7.70. The summed E-state index contributed by atoms with van der Waals surface area (Å²) in [6, 6.07) is 8.11. The first-order valence-electron chi connectivity index (χ1n) is 6.72. The summed E-state index contributed by atoms with van der Waals surface area (Å²) in [7, 11) is -0.281. The van der Waals surface area contributed by atoms with Crippen molar-refractivity contribution < 1.29 is 4.57 Å². The molecule has 0 amide bonds. The van der Waals surface area contributed by atoms with E-state index in [1.54, 1.807) is 13.3 Å². The van der Waals surface area contributed by atoms with Gasteiger partial charge in [-0.3, -0.25) is 0 Å². The van der Waals surface area contributed by atoms with Crippen molar-refractivity contribution in [3.63, 3.8) is 0 Å². The fourth-order valence-corrected chi connectivity index (χ4v) is 2.80. The Kier molecular flexibility index (Phi) is 5.64. The van der Waals surface area contributed by atoms with Gasteiger partial charge in [0.05, 0.1) is 0 Å². The molecule has 0 radical (unpaired) electrons. The first kappa shape index (κ1) is 16.6. The van der Waals surface area contributed by atoms with Gasteiger partial charge in [-0.05, 0) is 45.4 Å². The molecule has 0 heterocycles. The van der Waals surface area contributed by atoms with E-state index >= 15 is 0 Å². The fraction of sp³-hybridized carbons (Fsp3) is 0.375. The van der Waals surface area contributed by atoms with E-state index in [1.807, 2.05) is 43.6 Å². The Morgan fingerprint density at radius 1 is 1.35 bits per heavy atom. The molecule has 4 heteroatoms. The number of hydrogen-bond donors (Lipinski definition) is 1. The Morgan fingerprint density at radius 3 is 2.50 bits per heavy atom. The first-order chi connectivity index (χ1) is 9.21. The Hall–Kier alpha value is -1.47. The van der Waals surface area contributed by atoms with Crippen LogP contribution in [0.5, 0.6) is 0 Å². The van der Waals surface area contributed by atoms with Crippen LogP contribution in [0.4, 0.5) is 5.69 Å². The molecular weight excluding hydrogens is 267 g/mol. The van der Waals surface area contributed by atoms with Crippen LogP contribution < -0.4 is 10.6 Å². The topological polar surface area (TPSA) is 32.3 Å². The second kappa shape index (κ2) is 6.81. The molecule has 110 valence electrons. The Bertz CT molecular complexity index is 543. The van der Waals surface area contributed by atoms with E-state index in [9.17, 15) is 4.57 Å². The average Bonchev–Trinajstić information content (AvgIpc) is 2.35. The van der Waals surface area contributed by atoms with E-state index in [0.29, 0.717) is 6.04 Å². The number of rotatable bonds is 6. The highest BCUT2D eigenvalue weighted by Crippen LogP contribution is 2.37. The van der Waals surface area contributed by atoms with Gasteiger partial charge >= 0.3 is 0 Å². The summed E-state index contributed by atoms with van der Waals surface area (Å²) in [6.45, 7) is 11.8. The average molecular weight is 292 g/mol. The van der Waals surface area contributed by atoms with Gasteiger partial charge in [0.1, 0.15) is 7.14 Å². The van der Waals surface area contributed by atoms with Crippen molar-refractivity contribution in [2.45, 2.75) is 19.9 Å². The lowest BCUT2D eigenvalue weighted by Crippen LogP contribution is -2.20. The van der Waals surface area contributed by atoms with Crippen LogP contribution in [0.25, 0.3) is 0 Å². The van der Waals surface area contributed by atoms with Crippen molar-refractivity contribution in [1.29, 1.82) is 0 Å². The van der Waals surface area contributed by atoms with E-state index in [2.05, 4.69) is 30.6 Å². The zero-order chi connectivity index (χ0) is 15.3. The zero-order valence-corrected chi connectivity index (χ0v) is 13.9. The Balaban J connectivity index is 2.85. The van der Waals surface area contributed by atoms with Crippen molar-refractivity contribution in [3.05, 3.63) is 48.8 Å². The predicted molar refractivity (Wildman–Crippen MR) is 90.3 cm³/mol. The van der Waals surface area contributed by atoms with Gasteiger partial charge in [-0.1, -0.05) is 18.7 Å². The number of allylic oxidation sites excluding steroid dienone is 1. The summed E-state index contributed by atoms with van der Waals surface area (Å²) in [4.78, 5) is 2.10. The molecule has 0 unspecified atom stereocenters. The van der Waals surface area contributed by atoms with Gasteiger partial charge < -0.3 is 14.8 Å². The fourth-order valence-electron chi connectivity index (χ4n) is 1.64. The number of para-hydroxylation sites is 1. The molecule has 1 aromatic rings. The summed E-state index contributed by atoms with van der Waals surface area (Å²) >= 11 is 0. The van der Waals surface area contributed by atoms with Crippen molar-refractivity contribution >= 4 is 18.1 Å². The molecule has 0 aromatic heterocycles. The van der Waals surface area contributed by atoms with E-state index in [-0.39, 0.29) is 0 Å². The van der Waals surface area contributed by atoms with Crippen molar-refractivity contribution in [3.8, 4) is 0 Å². The maximum absolute atomic E-state index is 12.3. The van der Waals surface area contributed by atoms with Crippen LogP contribution in [0.15, 0.2) is 48.8 Å². The van der Waals surface area contributed by atoms with Gasteiger partial charge in [0.25, 0.3) is 0 Å². The van der Waals surface area contributed by atoms with E-state index in [0.717, 1.165) is 16.7 Å². The van der Waals surface area contributed by atoms with Crippen molar-refractivity contribution in [2.75, 3.05) is 25.7 Å². The quantitative estimate of drug-likeness (QED) is 0.641. The van der Waals surface area contributed by atoms with Crippen molar-refractivity contribution in [1.82, 2.24) is 4.90 Å². The number of benzene rings is 1. The molecule has 1 aromatic carbocycles. The molecule has 20 heavy (non-hydrogen) atoms. The third-order valence-corrected chi connectivity index (χ3v) is 4.66. The molecule has 0 atom stereocenters. The largest absolute Gasteiger partial charge is 0.378 e.